The fourth-order valence-electron chi connectivity index (χ4n) is 4.05. The van der Waals surface area contributed by atoms with Crippen LogP contribution in [0, 0.1) is 0 Å². The summed E-state index contributed by atoms with van der Waals surface area (Å²) in [5.41, 5.74) is 7.42. The van der Waals surface area contributed by atoms with E-state index >= 15 is 0 Å². The van der Waals surface area contributed by atoms with E-state index in [9.17, 15) is 0 Å². The summed E-state index contributed by atoms with van der Waals surface area (Å²) in [6.07, 6.45) is 0. The number of benzene rings is 4. The average Bonchev–Trinajstić information content (AvgIpc) is 3.23. The summed E-state index contributed by atoms with van der Waals surface area (Å²) in [6.45, 7) is 0. The Morgan fingerprint density at radius 3 is 1.90 bits per heavy atom. The Balaban J connectivity index is 1.69. The van der Waals surface area contributed by atoms with Crippen LogP contribution in [0.25, 0.3) is 55.8 Å². The van der Waals surface area contributed by atoms with E-state index in [1.54, 1.807) is 0 Å². The molecular weight excluding hydrogens is 380 g/mol. The minimum Gasteiger partial charge on any atom is -0.452 e. The van der Waals surface area contributed by atoms with Crippen molar-refractivity contribution in [1.29, 1.82) is 0 Å². The zero-order chi connectivity index (χ0) is 20.6. The van der Waals surface area contributed by atoms with Gasteiger partial charge in [0, 0.05) is 16.5 Å². The summed E-state index contributed by atoms with van der Waals surface area (Å²) < 4.78 is 6.22. The first-order chi connectivity index (χ1) is 15.4. The van der Waals surface area contributed by atoms with Crippen molar-refractivity contribution < 1.29 is 4.42 Å². The van der Waals surface area contributed by atoms with Crippen molar-refractivity contribution in [1.82, 2.24) is 9.97 Å². The molecule has 0 aliphatic carbocycles. The predicted molar refractivity (Wildman–Crippen MR) is 126 cm³/mol. The standard InChI is InChI=1S/C28H18N2O/c1-3-11-19(12-4-1)21-15-7-8-16-22(21)28-29-25(20-13-5-2-6-14-20)27-26(30-28)23-17-9-10-18-24(23)31-27/h1-18H. The van der Waals surface area contributed by atoms with Crippen LogP contribution < -0.4 is 0 Å². The Labute approximate surface area is 179 Å². The van der Waals surface area contributed by atoms with E-state index in [0.29, 0.717) is 11.4 Å². The molecule has 3 nitrogen and oxygen atoms in total. The molecule has 0 unspecified atom stereocenters. The van der Waals surface area contributed by atoms with Crippen molar-refractivity contribution in [3.63, 3.8) is 0 Å². The molecule has 2 aromatic heterocycles. The fraction of sp³-hybridized carbons (Fsp3) is 0. The summed E-state index contributed by atoms with van der Waals surface area (Å²) in [5, 5.41) is 0.996. The highest BCUT2D eigenvalue weighted by Crippen LogP contribution is 2.37. The first kappa shape index (κ1) is 17.6. The van der Waals surface area contributed by atoms with Crippen LogP contribution in [0.3, 0.4) is 0 Å². The molecule has 0 radical (unpaired) electrons. The first-order valence-electron chi connectivity index (χ1n) is 10.3. The minimum absolute atomic E-state index is 0.692. The second-order valence-corrected chi connectivity index (χ2v) is 7.45. The number of aromatic nitrogens is 2. The molecule has 31 heavy (non-hydrogen) atoms. The van der Waals surface area contributed by atoms with Crippen LogP contribution in [0.15, 0.2) is 114 Å². The Morgan fingerprint density at radius 1 is 0.516 bits per heavy atom. The molecule has 4 aromatic carbocycles. The molecule has 0 spiro atoms. The molecule has 0 aliphatic heterocycles. The van der Waals surface area contributed by atoms with Gasteiger partial charge in [-0.15, -0.1) is 0 Å². The maximum Gasteiger partial charge on any atom is 0.180 e. The largest absolute Gasteiger partial charge is 0.452 e. The van der Waals surface area contributed by atoms with Gasteiger partial charge in [-0.2, -0.15) is 0 Å². The highest BCUT2D eigenvalue weighted by Gasteiger charge is 2.19. The number of furan rings is 1. The third-order valence-electron chi connectivity index (χ3n) is 5.52. The Bertz CT molecular complexity index is 1520. The number of hydrogen-bond donors (Lipinski definition) is 0. The van der Waals surface area contributed by atoms with Gasteiger partial charge >= 0.3 is 0 Å². The molecule has 6 aromatic rings. The molecule has 0 aliphatic rings. The van der Waals surface area contributed by atoms with Gasteiger partial charge in [0.1, 0.15) is 16.8 Å². The highest BCUT2D eigenvalue weighted by molar-refractivity contribution is 6.07. The lowest BCUT2D eigenvalue weighted by atomic mass is 9.99. The zero-order valence-electron chi connectivity index (χ0n) is 16.7. The van der Waals surface area contributed by atoms with E-state index in [4.69, 9.17) is 14.4 Å². The first-order valence-corrected chi connectivity index (χ1v) is 10.3. The van der Waals surface area contributed by atoms with Crippen LogP contribution in [-0.2, 0) is 0 Å². The molecule has 0 saturated carbocycles. The number of hydrogen-bond acceptors (Lipinski definition) is 3. The zero-order valence-corrected chi connectivity index (χ0v) is 16.7. The molecule has 6 rings (SSSR count). The average molecular weight is 398 g/mol. The van der Waals surface area contributed by atoms with Gasteiger partial charge < -0.3 is 4.42 Å². The van der Waals surface area contributed by atoms with Gasteiger partial charge in [0.2, 0.25) is 0 Å². The SMILES string of the molecule is c1ccc(-c2ccccc2-c2nc(-c3ccccc3)c3oc4ccccc4c3n2)cc1. The molecule has 0 atom stereocenters. The Morgan fingerprint density at radius 2 is 1.13 bits per heavy atom. The monoisotopic (exact) mass is 398 g/mol. The van der Waals surface area contributed by atoms with E-state index in [0.717, 1.165) is 44.4 Å². The Hall–Kier alpha value is -4.24. The normalized spacial score (nSPS) is 11.2. The topological polar surface area (TPSA) is 38.9 Å². The predicted octanol–water partition coefficient (Wildman–Crippen LogP) is 7.38. The van der Waals surface area contributed by atoms with E-state index in [-0.39, 0.29) is 0 Å². The van der Waals surface area contributed by atoms with Crippen molar-refractivity contribution in [2.45, 2.75) is 0 Å². The smallest absolute Gasteiger partial charge is 0.180 e. The van der Waals surface area contributed by atoms with E-state index in [1.807, 2.05) is 48.5 Å². The lowest BCUT2D eigenvalue weighted by Crippen LogP contribution is -1.95. The van der Waals surface area contributed by atoms with Crippen molar-refractivity contribution in [3.8, 4) is 33.8 Å². The molecule has 2 heterocycles. The minimum atomic E-state index is 0.692. The summed E-state index contributed by atoms with van der Waals surface area (Å²) >= 11 is 0. The van der Waals surface area contributed by atoms with E-state index in [2.05, 4.69) is 60.7 Å². The number of rotatable bonds is 3. The third-order valence-corrected chi connectivity index (χ3v) is 5.52. The fourth-order valence-corrected chi connectivity index (χ4v) is 4.05. The summed E-state index contributed by atoms with van der Waals surface area (Å²) in [7, 11) is 0. The molecule has 0 N–H and O–H groups in total. The van der Waals surface area contributed by atoms with E-state index in [1.165, 1.54) is 0 Å². The van der Waals surface area contributed by atoms with Crippen LogP contribution in [-0.4, -0.2) is 9.97 Å². The van der Waals surface area contributed by atoms with Crippen molar-refractivity contribution >= 4 is 22.1 Å². The van der Waals surface area contributed by atoms with Crippen molar-refractivity contribution in [2.75, 3.05) is 0 Å². The van der Waals surface area contributed by atoms with Gasteiger partial charge in [-0.1, -0.05) is 97.1 Å². The number of nitrogens with zero attached hydrogens (tertiary/aromatic N) is 2. The van der Waals surface area contributed by atoms with Crippen LogP contribution in [0.2, 0.25) is 0 Å². The highest BCUT2D eigenvalue weighted by atomic mass is 16.3. The second kappa shape index (κ2) is 7.22. The van der Waals surface area contributed by atoms with Crippen LogP contribution >= 0.6 is 0 Å². The molecule has 0 fully saturated rings. The Kier molecular flexibility index (Phi) is 4.10. The maximum atomic E-state index is 6.22. The molecule has 0 bridgehead atoms. The van der Waals surface area contributed by atoms with Gasteiger partial charge in [-0.25, -0.2) is 9.97 Å². The van der Waals surface area contributed by atoms with Gasteiger partial charge in [-0.3, -0.25) is 0 Å². The van der Waals surface area contributed by atoms with Crippen LogP contribution in [0.1, 0.15) is 0 Å². The summed E-state index contributed by atoms with van der Waals surface area (Å²) in [5.74, 6) is 0.692. The van der Waals surface area contributed by atoms with Crippen molar-refractivity contribution in [3.05, 3.63) is 109 Å². The van der Waals surface area contributed by atoms with Crippen LogP contribution in [0.4, 0.5) is 0 Å². The lowest BCUT2D eigenvalue weighted by molar-refractivity contribution is 0.667. The van der Waals surface area contributed by atoms with Gasteiger partial charge in [0.05, 0.1) is 0 Å². The summed E-state index contributed by atoms with van der Waals surface area (Å²) in [6, 6.07) is 36.8. The summed E-state index contributed by atoms with van der Waals surface area (Å²) in [4.78, 5) is 10.0. The molecule has 0 amide bonds. The van der Waals surface area contributed by atoms with Gasteiger partial charge in [-0.05, 0) is 23.3 Å². The van der Waals surface area contributed by atoms with Crippen molar-refractivity contribution in [2.24, 2.45) is 0 Å². The number of fused-ring (bicyclic) bond motifs is 3. The second-order valence-electron chi connectivity index (χ2n) is 7.45. The molecule has 146 valence electrons. The molecular formula is C28H18N2O. The van der Waals surface area contributed by atoms with E-state index < -0.39 is 0 Å². The molecule has 0 saturated heterocycles. The molecule has 3 heteroatoms. The maximum absolute atomic E-state index is 6.22. The van der Waals surface area contributed by atoms with Gasteiger partial charge in [0.25, 0.3) is 0 Å². The van der Waals surface area contributed by atoms with Gasteiger partial charge in [0.15, 0.2) is 11.4 Å². The number of para-hydroxylation sites is 1. The van der Waals surface area contributed by atoms with Crippen LogP contribution in [0.5, 0.6) is 0 Å². The quantitative estimate of drug-likeness (QED) is 0.312. The third kappa shape index (κ3) is 2.99. The lowest BCUT2D eigenvalue weighted by Gasteiger charge is -2.10.